The van der Waals surface area contributed by atoms with Crippen LogP contribution in [0.3, 0.4) is 0 Å². The molecule has 8 nitrogen and oxygen atoms in total. The van der Waals surface area contributed by atoms with Crippen LogP contribution in [0.2, 0.25) is 5.02 Å². The van der Waals surface area contributed by atoms with Crippen molar-refractivity contribution in [1.82, 2.24) is 19.7 Å². The maximum Gasteiger partial charge on any atom is 0.262 e. The number of halogens is 1. The van der Waals surface area contributed by atoms with Crippen molar-refractivity contribution in [3.05, 3.63) is 82.9 Å². The Bertz CT molecular complexity index is 1270. The first kappa shape index (κ1) is 22.3. The van der Waals surface area contributed by atoms with Crippen molar-refractivity contribution in [2.45, 2.75) is 20.8 Å². The van der Waals surface area contributed by atoms with Crippen LogP contribution in [0.5, 0.6) is 17.4 Å². The number of nitrogens with zero attached hydrogens (tertiary/aromatic N) is 4. The van der Waals surface area contributed by atoms with Crippen LogP contribution in [0.1, 0.15) is 17.0 Å². The second-order valence-corrected chi connectivity index (χ2v) is 7.78. The van der Waals surface area contributed by atoms with Gasteiger partial charge in [0, 0.05) is 22.5 Å². The van der Waals surface area contributed by atoms with Crippen LogP contribution >= 0.6 is 11.6 Å². The van der Waals surface area contributed by atoms with Gasteiger partial charge in [-0.1, -0.05) is 11.6 Å². The summed E-state index contributed by atoms with van der Waals surface area (Å²) in [6.07, 6.45) is 1.44. The number of nitrogens with one attached hydrogen (secondary N) is 1. The number of carbonyl (C=O) groups excluding carboxylic acids is 1. The largest absolute Gasteiger partial charge is 0.484 e. The summed E-state index contributed by atoms with van der Waals surface area (Å²) in [5.74, 6) is 1.87. The molecule has 0 radical (unpaired) electrons. The summed E-state index contributed by atoms with van der Waals surface area (Å²) in [6, 6.07) is 15.5. The van der Waals surface area contributed by atoms with Gasteiger partial charge in [-0.05, 0) is 74.9 Å². The minimum atomic E-state index is -0.278. The highest BCUT2D eigenvalue weighted by molar-refractivity contribution is 6.30. The predicted molar refractivity (Wildman–Crippen MR) is 125 cm³/mol. The molecule has 0 saturated carbocycles. The van der Waals surface area contributed by atoms with Gasteiger partial charge in [-0.15, -0.1) is 0 Å². The lowest BCUT2D eigenvalue weighted by molar-refractivity contribution is -0.118. The molecule has 2 heterocycles. The molecule has 33 heavy (non-hydrogen) atoms. The Balaban J connectivity index is 1.36. The van der Waals surface area contributed by atoms with E-state index in [0.717, 1.165) is 17.0 Å². The van der Waals surface area contributed by atoms with Crippen LogP contribution in [0.25, 0.3) is 5.82 Å². The summed E-state index contributed by atoms with van der Waals surface area (Å²) < 4.78 is 13.1. The fourth-order valence-electron chi connectivity index (χ4n) is 3.05. The Morgan fingerprint density at radius 2 is 1.70 bits per heavy atom. The highest BCUT2D eigenvalue weighted by Crippen LogP contribution is 2.23. The summed E-state index contributed by atoms with van der Waals surface area (Å²) in [4.78, 5) is 20.6. The first-order valence-electron chi connectivity index (χ1n) is 10.2. The number of anilines is 1. The standard InChI is InChI=1S/C24H22ClN5O3/c1-15-16(2)29-30(17(15)3)22-12-24(27-14-26-22)33-21-10-6-19(7-11-21)28-23(31)13-32-20-8-4-18(25)5-9-20/h4-12,14H,13H2,1-3H3,(H,28,31). The summed E-state index contributed by atoms with van der Waals surface area (Å²) in [5, 5.41) is 7.90. The summed E-state index contributed by atoms with van der Waals surface area (Å²) >= 11 is 5.84. The third-order valence-corrected chi connectivity index (χ3v) is 5.29. The molecule has 2 aromatic carbocycles. The van der Waals surface area contributed by atoms with Gasteiger partial charge in [0.05, 0.1) is 5.69 Å². The molecular weight excluding hydrogens is 442 g/mol. The molecule has 0 bridgehead atoms. The van der Waals surface area contributed by atoms with Crippen molar-refractivity contribution in [3.8, 4) is 23.2 Å². The monoisotopic (exact) mass is 463 g/mol. The fourth-order valence-corrected chi connectivity index (χ4v) is 3.18. The predicted octanol–water partition coefficient (Wildman–Crippen LogP) is 5.05. The number of rotatable bonds is 7. The lowest BCUT2D eigenvalue weighted by Crippen LogP contribution is -2.20. The molecule has 0 aliphatic rings. The molecule has 0 aliphatic carbocycles. The normalized spacial score (nSPS) is 10.7. The average Bonchev–Trinajstić information content (AvgIpc) is 3.07. The minimum Gasteiger partial charge on any atom is -0.484 e. The average molecular weight is 464 g/mol. The number of carbonyl (C=O) groups is 1. The van der Waals surface area contributed by atoms with Gasteiger partial charge in [0.2, 0.25) is 5.88 Å². The topological polar surface area (TPSA) is 91.2 Å². The van der Waals surface area contributed by atoms with Crippen molar-refractivity contribution in [3.63, 3.8) is 0 Å². The maximum atomic E-state index is 12.1. The lowest BCUT2D eigenvalue weighted by atomic mass is 10.2. The fraction of sp³-hybridized carbons (Fsp3) is 0.167. The number of hydrogen-bond donors (Lipinski definition) is 1. The van der Waals surface area contributed by atoms with Gasteiger partial charge in [-0.25, -0.2) is 14.6 Å². The van der Waals surface area contributed by atoms with Gasteiger partial charge in [0.15, 0.2) is 12.4 Å². The van der Waals surface area contributed by atoms with Gasteiger partial charge in [0.25, 0.3) is 5.91 Å². The quantitative estimate of drug-likeness (QED) is 0.412. The number of ether oxygens (including phenoxy) is 2. The van der Waals surface area contributed by atoms with E-state index in [1.54, 1.807) is 59.3 Å². The van der Waals surface area contributed by atoms with Crippen LogP contribution in [0.4, 0.5) is 5.69 Å². The second kappa shape index (κ2) is 9.70. The van der Waals surface area contributed by atoms with Gasteiger partial charge >= 0.3 is 0 Å². The van der Waals surface area contributed by atoms with Crippen LogP contribution in [0, 0.1) is 20.8 Å². The zero-order valence-corrected chi connectivity index (χ0v) is 19.1. The summed E-state index contributed by atoms with van der Waals surface area (Å²) in [7, 11) is 0. The third kappa shape index (κ3) is 5.48. The highest BCUT2D eigenvalue weighted by atomic mass is 35.5. The molecule has 168 valence electrons. The van der Waals surface area contributed by atoms with Crippen molar-refractivity contribution < 1.29 is 14.3 Å². The van der Waals surface area contributed by atoms with E-state index in [-0.39, 0.29) is 12.5 Å². The number of hydrogen-bond acceptors (Lipinski definition) is 6. The Morgan fingerprint density at radius 3 is 2.36 bits per heavy atom. The number of amides is 1. The van der Waals surface area contributed by atoms with Gasteiger partial charge < -0.3 is 14.8 Å². The van der Waals surface area contributed by atoms with Crippen molar-refractivity contribution in [2.75, 3.05) is 11.9 Å². The molecule has 1 amide bonds. The van der Waals surface area contributed by atoms with Gasteiger partial charge in [-0.3, -0.25) is 4.79 Å². The molecule has 4 aromatic rings. The van der Waals surface area contributed by atoms with Gasteiger partial charge in [0.1, 0.15) is 17.8 Å². The van der Waals surface area contributed by atoms with E-state index in [9.17, 15) is 4.79 Å². The molecule has 0 fully saturated rings. The van der Waals surface area contributed by atoms with Gasteiger partial charge in [-0.2, -0.15) is 5.10 Å². The van der Waals surface area contributed by atoms with Crippen molar-refractivity contribution in [2.24, 2.45) is 0 Å². The van der Waals surface area contributed by atoms with Crippen LogP contribution in [0.15, 0.2) is 60.9 Å². The van der Waals surface area contributed by atoms with Crippen LogP contribution in [-0.4, -0.2) is 32.3 Å². The first-order chi connectivity index (χ1) is 15.9. The SMILES string of the molecule is Cc1nn(-c2cc(Oc3ccc(NC(=O)COc4ccc(Cl)cc4)cc3)ncn2)c(C)c1C. The van der Waals surface area contributed by atoms with E-state index in [1.807, 2.05) is 20.8 Å². The molecule has 9 heteroatoms. The third-order valence-electron chi connectivity index (χ3n) is 5.04. The zero-order chi connectivity index (χ0) is 23.4. The maximum absolute atomic E-state index is 12.1. The molecule has 0 atom stereocenters. The zero-order valence-electron chi connectivity index (χ0n) is 18.4. The molecule has 4 rings (SSSR count). The molecular formula is C24H22ClN5O3. The molecule has 0 spiro atoms. The number of aryl methyl sites for hydroxylation is 1. The number of benzene rings is 2. The van der Waals surface area contributed by atoms with Crippen molar-refractivity contribution >= 4 is 23.2 Å². The van der Waals surface area contributed by atoms with Crippen molar-refractivity contribution in [1.29, 1.82) is 0 Å². The Hall–Kier alpha value is -3.91. The molecule has 0 unspecified atom stereocenters. The minimum absolute atomic E-state index is 0.116. The van der Waals surface area contributed by atoms with Crippen LogP contribution < -0.4 is 14.8 Å². The van der Waals surface area contributed by atoms with E-state index in [2.05, 4.69) is 20.4 Å². The number of aromatic nitrogens is 4. The van der Waals surface area contributed by atoms with E-state index in [0.29, 0.717) is 33.9 Å². The summed E-state index contributed by atoms with van der Waals surface area (Å²) in [6.45, 7) is 5.86. The lowest BCUT2D eigenvalue weighted by Gasteiger charge is -2.09. The van der Waals surface area contributed by atoms with E-state index >= 15 is 0 Å². The molecule has 0 aliphatic heterocycles. The molecule has 0 saturated heterocycles. The smallest absolute Gasteiger partial charge is 0.262 e. The summed E-state index contributed by atoms with van der Waals surface area (Å²) in [5.41, 5.74) is 3.70. The Morgan fingerprint density at radius 1 is 1.00 bits per heavy atom. The first-order valence-corrected chi connectivity index (χ1v) is 10.6. The Labute approximate surface area is 196 Å². The van der Waals surface area contributed by atoms with Crippen LogP contribution in [-0.2, 0) is 4.79 Å². The highest BCUT2D eigenvalue weighted by Gasteiger charge is 2.12. The van der Waals surface area contributed by atoms with E-state index in [4.69, 9.17) is 21.1 Å². The van der Waals surface area contributed by atoms with E-state index < -0.39 is 0 Å². The Kier molecular flexibility index (Phi) is 6.55. The molecule has 2 aromatic heterocycles. The second-order valence-electron chi connectivity index (χ2n) is 7.34. The molecule has 1 N–H and O–H groups in total. The van der Waals surface area contributed by atoms with E-state index in [1.165, 1.54) is 6.33 Å².